The molecule has 1 aliphatic rings. The third kappa shape index (κ3) is 7.56. The Morgan fingerprint density at radius 3 is 2.50 bits per heavy atom. The minimum Gasteiger partial charge on any atom is -0.374 e. The first kappa shape index (κ1) is 22.5. The maximum absolute atomic E-state index is 12.5. The molecule has 2 aromatic carbocycles. The number of nitrogens with one attached hydrogen (secondary N) is 2. The van der Waals surface area contributed by atoms with Crippen LogP contribution >= 0.6 is 0 Å². The van der Waals surface area contributed by atoms with Crippen LogP contribution in [-0.2, 0) is 16.0 Å². The van der Waals surface area contributed by atoms with E-state index in [2.05, 4.69) is 65.8 Å². The molecule has 1 saturated heterocycles. The Morgan fingerprint density at radius 2 is 1.80 bits per heavy atom. The van der Waals surface area contributed by atoms with E-state index in [-0.39, 0.29) is 24.6 Å². The third-order valence-corrected chi connectivity index (χ3v) is 5.37. The molecular weight excluding hydrogens is 374 g/mol. The highest BCUT2D eigenvalue weighted by Crippen LogP contribution is 2.18. The minimum atomic E-state index is 0.00794. The highest BCUT2D eigenvalue weighted by molar-refractivity contribution is 5.78. The molecule has 1 fully saturated rings. The molecule has 2 unspecified atom stereocenters. The number of rotatable bonds is 10. The van der Waals surface area contributed by atoms with Crippen molar-refractivity contribution in [1.82, 2.24) is 15.5 Å². The van der Waals surface area contributed by atoms with Crippen molar-refractivity contribution < 1.29 is 9.53 Å². The highest BCUT2D eigenvalue weighted by atomic mass is 16.5. The molecule has 0 spiro atoms. The van der Waals surface area contributed by atoms with E-state index in [1.54, 1.807) is 0 Å². The summed E-state index contributed by atoms with van der Waals surface area (Å²) in [7, 11) is 0. The molecule has 1 amide bonds. The van der Waals surface area contributed by atoms with E-state index in [0.29, 0.717) is 12.5 Å². The van der Waals surface area contributed by atoms with Crippen molar-refractivity contribution in [3.05, 3.63) is 71.8 Å². The molecule has 3 rings (SSSR count). The smallest absolute Gasteiger partial charge is 0.234 e. The summed E-state index contributed by atoms with van der Waals surface area (Å²) in [5, 5.41) is 6.49. The number of ether oxygens (including phenoxy) is 1. The van der Waals surface area contributed by atoms with Crippen molar-refractivity contribution in [2.45, 2.75) is 32.4 Å². The second kappa shape index (κ2) is 11.8. The van der Waals surface area contributed by atoms with Gasteiger partial charge in [0, 0.05) is 32.2 Å². The first-order valence-electron chi connectivity index (χ1n) is 11.0. The second-order valence-corrected chi connectivity index (χ2v) is 8.48. The Hall–Kier alpha value is -2.21. The van der Waals surface area contributed by atoms with Gasteiger partial charge in [-0.05, 0) is 23.5 Å². The predicted molar refractivity (Wildman–Crippen MR) is 121 cm³/mol. The van der Waals surface area contributed by atoms with Gasteiger partial charge in [-0.2, -0.15) is 0 Å². The van der Waals surface area contributed by atoms with Crippen LogP contribution in [0.2, 0.25) is 0 Å². The van der Waals surface area contributed by atoms with Crippen LogP contribution in [0.4, 0.5) is 0 Å². The summed E-state index contributed by atoms with van der Waals surface area (Å²) in [5.41, 5.74) is 2.44. The topological polar surface area (TPSA) is 53.6 Å². The molecule has 162 valence electrons. The maximum Gasteiger partial charge on any atom is 0.234 e. The molecule has 2 aromatic rings. The molecule has 0 bridgehead atoms. The highest BCUT2D eigenvalue weighted by Gasteiger charge is 2.21. The zero-order chi connectivity index (χ0) is 21.2. The number of benzene rings is 2. The largest absolute Gasteiger partial charge is 0.374 e. The van der Waals surface area contributed by atoms with Crippen LogP contribution in [0.3, 0.4) is 0 Å². The van der Waals surface area contributed by atoms with Crippen molar-refractivity contribution in [2.24, 2.45) is 5.92 Å². The summed E-state index contributed by atoms with van der Waals surface area (Å²) in [6.07, 6.45) is 0.907. The van der Waals surface area contributed by atoms with Crippen molar-refractivity contribution in [3.63, 3.8) is 0 Å². The maximum atomic E-state index is 12.5. The van der Waals surface area contributed by atoms with Gasteiger partial charge in [0.15, 0.2) is 0 Å². The molecule has 2 N–H and O–H groups in total. The summed E-state index contributed by atoms with van der Waals surface area (Å²) < 4.78 is 5.84. The number of hydrogen-bond donors (Lipinski definition) is 2. The van der Waals surface area contributed by atoms with E-state index >= 15 is 0 Å². The van der Waals surface area contributed by atoms with Crippen LogP contribution in [0.25, 0.3) is 0 Å². The molecule has 0 aromatic heterocycles. The minimum absolute atomic E-state index is 0.00794. The number of hydrogen-bond acceptors (Lipinski definition) is 4. The molecule has 0 aliphatic carbocycles. The van der Waals surface area contributed by atoms with E-state index in [1.165, 1.54) is 11.1 Å². The van der Waals surface area contributed by atoms with Gasteiger partial charge in [-0.25, -0.2) is 0 Å². The van der Waals surface area contributed by atoms with Crippen molar-refractivity contribution in [1.29, 1.82) is 0 Å². The molecule has 0 saturated carbocycles. The second-order valence-electron chi connectivity index (χ2n) is 8.48. The van der Waals surface area contributed by atoms with E-state index in [4.69, 9.17) is 4.74 Å². The van der Waals surface area contributed by atoms with E-state index in [0.717, 1.165) is 32.7 Å². The van der Waals surface area contributed by atoms with Crippen LogP contribution in [0.5, 0.6) is 0 Å². The molecule has 5 heteroatoms. The molecule has 2 atom stereocenters. The molecule has 30 heavy (non-hydrogen) atoms. The van der Waals surface area contributed by atoms with Gasteiger partial charge in [-0.3, -0.25) is 9.69 Å². The Kier molecular flexibility index (Phi) is 8.87. The van der Waals surface area contributed by atoms with Crippen LogP contribution in [-0.4, -0.2) is 56.2 Å². The zero-order valence-corrected chi connectivity index (χ0v) is 18.2. The zero-order valence-electron chi connectivity index (χ0n) is 18.2. The van der Waals surface area contributed by atoms with Crippen LogP contribution in [0, 0.1) is 5.92 Å². The summed E-state index contributed by atoms with van der Waals surface area (Å²) in [4.78, 5) is 14.9. The van der Waals surface area contributed by atoms with Gasteiger partial charge in [-0.15, -0.1) is 0 Å². The average Bonchev–Trinajstić information content (AvgIpc) is 2.76. The quantitative estimate of drug-likeness (QED) is 0.633. The van der Waals surface area contributed by atoms with Crippen molar-refractivity contribution >= 4 is 5.91 Å². The first-order valence-corrected chi connectivity index (χ1v) is 11.0. The Balaban J connectivity index is 1.48. The van der Waals surface area contributed by atoms with Crippen LogP contribution in [0.15, 0.2) is 60.7 Å². The van der Waals surface area contributed by atoms with Gasteiger partial charge >= 0.3 is 0 Å². The number of carbonyl (C=O) groups excluding carboxylic acids is 1. The lowest BCUT2D eigenvalue weighted by Crippen LogP contribution is -2.49. The van der Waals surface area contributed by atoms with Crippen LogP contribution in [0.1, 0.15) is 31.0 Å². The Morgan fingerprint density at radius 1 is 1.10 bits per heavy atom. The van der Waals surface area contributed by atoms with Crippen molar-refractivity contribution in [3.8, 4) is 0 Å². The number of morpholine rings is 1. The fourth-order valence-electron chi connectivity index (χ4n) is 3.94. The van der Waals surface area contributed by atoms with Gasteiger partial charge in [0.1, 0.15) is 0 Å². The van der Waals surface area contributed by atoms with E-state index in [9.17, 15) is 4.79 Å². The Bertz CT molecular complexity index is 752. The average molecular weight is 410 g/mol. The monoisotopic (exact) mass is 409 g/mol. The molecular formula is C25H35N3O2. The van der Waals surface area contributed by atoms with Crippen molar-refractivity contribution in [2.75, 3.05) is 39.3 Å². The number of nitrogens with zero attached hydrogens (tertiary/aromatic N) is 1. The summed E-state index contributed by atoms with van der Waals surface area (Å²) >= 11 is 0. The van der Waals surface area contributed by atoms with Crippen LogP contribution < -0.4 is 10.6 Å². The first-order chi connectivity index (χ1) is 14.6. The van der Waals surface area contributed by atoms with E-state index < -0.39 is 0 Å². The summed E-state index contributed by atoms with van der Waals surface area (Å²) in [6, 6.07) is 20.8. The molecule has 1 aliphatic heterocycles. The fraction of sp³-hybridized carbons (Fsp3) is 0.480. The fourth-order valence-corrected chi connectivity index (χ4v) is 3.94. The van der Waals surface area contributed by atoms with Gasteiger partial charge in [0.25, 0.3) is 0 Å². The van der Waals surface area contributed by atoms with E-state index in [1.807, 2.05) is 24.3 Å². The lowest BCUT2D eigenvalue weighted by molar-refractivity contribution is -0.121. The molecule has 1 heterocycles. The molecule has 5 nitrogen and oxygen atoms in total. The lowest BCUT2D eigenvalue weighted by Gasteiger charge is -2.34. The lowest BCUT2D eigenvalue weighted by atomic mass is 9.99. The number of amides is 1. The standard InChI is InChI=1S/C25H35N3O2/c1-20(2)18-28-13-14-30-23(19-28)16-27-25(29)17-26-24(22-11-7-4-8-12-22)15-21-9-5-3-6-10-21/h3-12,20,23-24,26H,13-19H2,1-2H3,(H,27,29). The Labute approximate surface area is 180 Å². The predicted octanol–water partition coefficient (Wildman–Crippen LogP) is 3.03. The summed E-state index contributed by atoms with van der Waals surface area (Å²) in [5.74, 6) is 0.649. The van der Waals surface area contributed by atoms with Gasteiger partial charge < -0.3 is 15.4 Å². The normalized spacial score (nSPS) is 18.3. The van der Waals surface area contributed by atoms with Gasteiger partial charge in [0.2, 0.25) is 5.91 Å². The molecule has 0 radical (unpaired) electrons. The van der Waals surface area contributed by atoms with Gasteiger partial charge in [0.05, 0.1) is 19.3 Å². The third-order valence-electron chi connectivity index (χ3n) is 5.37. The SMILES string of the molecule is CC(C)CN1CCOC(CNC(=O)CNC(Cc2ccccc2)c2ccccc2)C1. The van der Waals surface area contributed by atoms with Gasteiger partial charge in [-0.1, -0.05) is 74.5 Å². The summed E-state index contributed by atoms with van der Waals surface area (Å²) in [6.45, 7) is 8.98. The number of carbonyl (C=O) groups is 1.